The third kappa shape index (κ3) is 5.57. The molecular formula is C21H24ClN3O3. The molecule has 2 aromatic rings. The van der Waals surface area contributed by atoms with E-state index in [1.807, 2.05) is 32.0 Å². The summed E-state index contributed by atoms with van der Waals surface area (Å²) in [5.41, 5.74) is 3.17. The number of aryl methyl sites for hydroxylation is 1. The molecule has 0 aliphatic carbocycles. The minimum Gasteiger partial charge on any atom is -0.341 e. The number of rotatable bonds is 6. The summed E-state index contributed by atoms with van der Waals surface area (Å²) >= 11 is 5.81. The van der Waals surface area contributed by atoms with Gasteiger partial charge in [-0.3, -0.25) is 14.4 Å². The van der Waals surface area contributed by atoms with Gasteiger partial charge in [-0.15, -0.1) is 0 Å². The van der Waals surface area contributed by atoms with Crippen molar-refractivity contribution in [2.24, 2.45) is 0 Å². The highest BCUT2D eigenvalue weighted by atomic mass is 35.5. The quantitative estimate of drug-likeness (QED) is 0.780. The Morgan fingerprint density at radius 1 is 1.07 bits per heavy atom. The van der Waals surface area contributed by atoms with Gasteiger partial charge in [0.05, 0.1) is 6.54 Å². The van der Waals surface area contributed by atoms with Gasteiger partial charge < -0.3 is 15.5 Å². The van der Waals surface area contributed by atoms with Crippen LogP contribution in [0.1, 0.15) is 28.4 Å². The molecule has 7 heteroatoms. The molecule has 0 radical (unpaired) electrons. The smallest absolute Gasteiger partial charge is 0.251 e. The van der Waals surface area contributed by atoms with Gasteiger partial charge in [-0.2, -0.15) is 0 Å². The topological polar surface area (TPSA) is 78.5 Å². The van der Waals surface area contributed by atoms with Gasteiger partial charge in [0.25, 0.3) is 5.91 Å². The van der Waals surface area contributed by atoms with Crippen LogP contribution in [0.15, 0.2) is 42.5 Å². The number of nitrogens with one attached hydrogen (secondary N) is 2. The number of anilines is 1. The highest BCUT2D eigenvalue weighted by Crippen LogP contribution is 2.17. The molecule has 148 valence electrons. The predicted molar refractivity (Wildman–Crippen MR) is 111 cm³/mol. The van der Waals surface area contributed by atoms with E-state index in [1.54, 1.807) is 31.2 Å². The Balaban J connectivity index is 1.91. The Kier molecular flexibility index (Phi) is 7.18. The Bertz CT molecular complexity index is 881. The number of carbonyl (C=O) groups is 3. The number of halogens is 1. The molecule has 2 N–H and O–H groups in total. The second-order valence-corrected chi connectivity index (χ2v) is 7.13. The number of benzene rings is 2. The van der Waals surface area contributed by atoms with E-state index in [2.05, 4.69) is 10.6 Å². The zero-order valence-corrected chi connectivity index (χ0v) is 17.1. The Hall–Kier alpha value is -2.86. The third-order valence-electron chi connectivity index (χ3n) is 4.46. The molecule has 2 aromatic carbocycles. The van der Waals surface area contributed by atoms with Crippen LogP contribution in [0.5, 0.6) is 0 Å². The minimum atomic E-state index is -0.776. The lowest BCUT2D eigenvalue weighted by Gasteiger charge is -2.22. The highest BCUT2D eigenvalue weighted by molar-refractivity contribution is 6.30. The van der Waals surface area contributed by atoms with Crippen LogP contribution in [0.25, 0.3) is 0 Å². The molecule has 0 heterocycles. The molecule has 0 saturated heterocycles. The van der Waals surface area contributed by atoms with Crippen molar-refractivity contribution < 1.29 is 14.4 Å². The first kappa shape index (κ1) is 21.4. The summed E-state index contributed by atoms with van der Waals surface area (Å²) in [6, 6.07) is 11.2. The van der Waals surface area contributed by atoms with Gasteiger partial charge >= 0.3 is 0 Å². The minimum absolute atomic E-state index is 0.118. The summed E-state index contributed by atoms with van der Waals surface area (Å²) in [6.45, 7) is 5.35. The van der Waals surface area contributed by atoms with Gasteiger partial charge in [-0.05, 0) is 62.2 Å². The van der Waals surface area contributed by atoms with Crippen molar-refractivity contribution in [2.45, 2.75) is 26.8 Å². The average molecular weight is 402 g/mol. The molecule has 0 spiro atoms. The Morgan fingerprint density at radius 2 is 1.71 bits per heavy atom. The highest BCUT2D eigenvalue weighted by Gasteiger charge is 2.22. The second-order valence-electron chi connectivity index (χ2n) is 6.69. The number of amides is 3. The molecule has 0 saturated carbocycles. The zero-order chi connectivity index (χ0) is 20.8. The number of likely N-dealkylation sites (N-methyl/N-ethyl adjacent to an activating group) is 1. The standard InChI is InChI=1S/C21H24ClN3O3/c1-13-6-5-7-18(14(13)2)24-19(26)12-25(4)21(28)15(3)23-20(27)16-8-10-17(22)11-9-16/h5-11,15H,12H2,1-4H3,(H,23,27)(H,24,26). The van der Waals surface area contributed by atoms with Crippen molar-refractivity contribution in [3.8, 4) is 0 Å². The number of hydrogen-bond donors (Lipinski definition) is 2. The van der Waals surface area contributed by atoms with Gasteiger partial charge in [0, 0.05) is 23.3 Å². The van der Waals surface area contributed by atoms with Crippen LogP contribution in [0, 0.1) is 13.8 Å². The summed E-state index contributed by atoms with van der Waals surface area (Å²) in [5.74, 6) is -1.05. The lowest BCUT2D eigenvalue weighted by atomic mass is 10.1. The van der Waals surface area contributed by atoms with Crippen LogP contribution >= 0.6 is 11.6 Å². The first-order valence-corrected chi connectivity index (χ1v) is 9.24. The van der Waals surface area contributed by atoms with Crippen LogP contribution in [-0.4, -0.2) is 42.3 Å². The molecule has 6 nitrogen and oxygen atoms in total. The van der Waals surface area contributed by atoms with E-state index >= 15 is 0 Å². The summed E-state index contributed by atoms with van der Waals surface area (Å²) < 4.78 is 0. The second kappa shape index (κ2) is 9.37. The monoisotopic (exact) mass is 401 g/mol. The van der Waals surface area contributed by atoms with Gasteiger partial charge in [-0.1, -0.05) is 23.7 Å². The van der Waals surface area contributed by atoms with Crippen molar-refractivity contribution in [3.05, 3.63) is 64.2 Å². The van der Waals surface area contributed by atoms with E-state index in [0.717, 1.165) is 16.8 Å². The summed E-state index contributed by atoms with van der Waals surface area (Å²) in [5, 5.41) is 5.97. The fraction of sp³-hybridized carbons (Fsp3) is 0.286. The van der Waals surface area contributed by atoms with Crippen molar-refractivity contribution in [1.82, 2.24) is 10.2 Å². The summed E-state index contributed by atoms with van der Waals surface area (Å²) in [6.07, 6.45) is 0. The third-order valence-corrected chi connectivity index (χ3v) is 4.71. The molecule has 0 aliphatic rings. The molecule has 28 heavy (non-hydrogen) atoms. The van der Waals surface area contributed by atoms with E-state index in [-0.39, 0.29) is 24.3 Å². The number of nitrogens with zero attached hydrogens (tertiary/aromatic N) is 1. The first-order chi connectivity index (χ1) is 13.2. The maximum atomic E-state index is 12.5. The SMILES string of the molecule is Cc1cccc(NC(=O)CN(C)C(=O)C(C)NC(=O)c2ccc(Cl)cc2)c1C. The van der Waals surface area contributed by atoms with Crippen LogP contribution < -0.4 is 10.6 Å². The largest absolute Gasteiger partial charge is 0.341 e. The molecule has 3 amide bonds. The van der Waals surface area contributed by atoms with Gasteiger partial charge in [0.2, 0.25) is 11.8 Å². The molecule has 2 rings (SSSR count). The maximum absolute atomic E-state index is 12.5. The molecule has 0 aliphatic heterocycles. The van der Waals surface area contributed by atoms with E-state index in [4.69, 9.17) is 11.6 Å². The molecule has 0 bridgehead atoms. The first-order valence-electron chi connectivity index (χ1n) is 8.86. The maximum Gasteiger partial charge on any atom is 0.251 e. The van der Waals surface area contributed by atoms with E-state index in [1.165, 1.54) is 11.9 Å². The van der Waals surface area contributed by atoms with Crippen molar-refractivity contribution in [1.29, 1.82) is 0 Å². The number of hydrogen-bond acceptors (Lipinski definition) is 3. The zero-order valence-electron chi connectivity index (χ0n) is 16.4. The van der Waals surface area contributed by atoms with Crippen molar-refractivity contribution >= 4 is 35.0 Å². The van der Waals surface area contributed by atoms with Crippen LogP contribution in [0.2, 0.25) is 5.02 Å². The lowest BCUT2D eigenvalue weighted by Crippen LogP contribution is -2.47. The molecule has 0 aromatic heterocycles. The average Bonchev–Trinajstić information content (AvgIpc) is 2.65. The fourth-order valence-corrected chi connectivity index (χ4v) is 2.77. The Morgan fingerprint density at radius 3 is 2.36 bits per heavy atom. The van der Waals surface area contributed by atoms with Crippen LogP contribution in [0.4, 0.5) is 5.69 Å². The normalized spacial score (nSPS) is 11.5. The van der Waals surface area contributed by atoms with Gasteiger partial charge in [0.1, 0.15) is 6.04 Å². The van der Waals surface area contributed by atoms with E-state index in [0.29, 0.717) is 10.6 Å². The van der Waals surface area contributed by atoms with E-state index < -0.39 is 6.04 Å². The number of carbonyl (C=O) groups excluding carboxylic acids is 3. The molecule has 1 unspecified atom stereocenters. The molecular weight excluding hydrogens is 378 g/mol. The van der Waals surface area contributed by atoms with Gasteiger partial charge in [0.15, 0.2) is 0 Å². The molecule has 0 fully saturated rings. The van der Waals surface area contributed by atoms with Crippen LogP contribution in [-0.2, 0) is 9.59 Å². The van der Waals surface area contributed by atoms with E-state index in [9.17, 15) is 14.4 Å². The summed E-state index contributed by atoms with van der Waals surface area (Å²) in [4.78, 5) is 38.3. The van der Waals surface area contributed by atoms with Gasteiger partial charge in [-0.25, -0.2) is 0 Å². The van der Waals surface area contributed by atoms with Crippen LogP contribution in [0.3, 0.4) is 0 Å². The van der Waals surface area contributed by atoms with Crippen molar-refractivity contribution in [3.63, 3.8) is 0 Å². The molecule has 1 atom stereocenters. The van der Waals surface area contributed by atoms with Crippen molar-refractivity contribution in [2.75, 3.05) is 18.9 Å². The summed E-state index contributed by atoms with van der Waals surface area (Å²) in [7, 11) is 1.52. The predicted octanol–water partition coefficient (Wildman–Crippen LogP) is 3.17. The lowest BCUT2D eigenvalue weighted by molar-refractivity contribution is -0.134. The Labute approximate surface area is 169 Å². The fourth-order valence-electron chi connectivity index (χ4n) is 2.64.